The van der Waals surface area contributed by atoms with Gasteiger partial charge in [-0.25, -0.2) is 14.5 Å². The van der Waals surface area contributed by atoms with Gasteiger partial charge in [0.05, 0.1) is 22.6 Å². The molecule has 0 saturated heterocycles. The smallest absolute Gasteiger partial charge is 0.160 e. The molecule has 290 valence electrons. The third kappa shape index (κ3) is 6.18. The second-order valence-electron chi connectivity index (χ2n) is 15.6. The summed E-state index contributed by atoms with van der Waals surface area (Å²) in [4.78, 5) is 10.4. The topological polar surface area (TPSA) is 43.1 Å². The molecule has 8 aromatic carbocycles. The summed E-state index contributed by atoms with van der Waals surface area (Å²) in [5, 5.41) is 10.4. The molecule has 0 saturated carbocycles. The Morgan fingerprint density at radius 1 is 0.387 bits per heavy atom. The molecule has 0 radical (unpaired) electrons. The van der Waals surface area contributed by atoms with Crippen molar-refractivity contribution in [2.45, 2.75) is 0 Å². The highest BCUT2D eigenvalue weighted by atomic mass is 32.1. The summed E-state index contributed by atoms with van der Waals surface area (Å²) in [5.74, 6) is 0.684. The van der Waals surface area contributed by atoms with Crippen molar-refractivity contribution in [1.29, 1.82) is 0 Å². The summed E-state index contributed by atoms with van der Waals surface area (Å²) in [7, 11) is 0. The van der Waals surface area contributed by atoms with E-state index in [2.05, 4.69) is 217 Å². The number of nitrogens with zero attached hydrogens (tertiary/aromatic N) is 4. The van der Waals surface area contributed by atoms with E-state index in [1.807, 2.05) is 17.4 Å². The van der Waals surface area contributed by atoms with E-state index in [1.54, 1.807) is 0 Å². The maximum atomic E-state index is 5.44. The summed E-state index contributed by atoms with van der Waals surface area (Å²) in [6, 6.07) is 77.2. The molecule has 4 aromatic heterocycles. The first-order valence-electron chi connectivity index (χ1n) is 20.9. The molecule has 0 fully saturated rings. The molecule has 4 heterocycles. The highest BCUT2D eigenvalue weighted by molar-refractivity contribution is 7.25. The zero-order valence-electron chi connectivity index (χ0n) is 33.5. The molecule has 0 spiro atoms. The maximum Gasteiger partial charge on any atom is 0.160 e. The van der Waals surface area contributed by atoms with Gasteiger partial charge in [-0.05, 0) is 46.3 Å². The predicted octanol–water partition coefficient (Wildman–Crippen LogP) is 15.3. The van der Waals surface area contributed by atoms with Gasteiger partial charge in [-0.3, -0.25) is 0 Å². The molecule has 0 N–H and O–H groups in total. The van der Waals surface area contributed by atoms with Gasteiger partial charge in [0.15, 0.2) is 5.82 Å². The van der Waals surface area contributed by atoms with E-state index in [1.165, 1.54) is 36.7 Å². The fraction of sp³-hybridized carbons (Fsp3) is 0. The van der Waals surface area contributed by atoms with Gasteiger partial charge in [-0.2, -0.15) is 5.10 Å². The molecule has 0 atom stereocenters. The number of hydrogen-bond acceptors (Lipinski definition) is 4. The number of aromatic nitrogens is 4. The number of thiophene rings is 1. The van der Waals surface area contributed by atoms with Crippen LogP contribution in [0.5, 0.6) is 0 Å². The molecule has 0 aliphatic heterocycles. The summed E-state index contributed by atoms with van der Waals surface area (Å²) < 4.78 is 4.74. The van der Waals surface area contributed by atoms with Gasteiger partial charge in [-0.1, -0.05) is 194 Å². The van der Waals surface area contributed by atoms with Crippen molar-refractivity contribution in [2.75, 3.05) is 0 Å². The predicted molar refractivity (Wildman–Crippen MR) is 259 cm³/mol. The van der Waals surface area contributed by atoms with E-state index in [-0.39, 0.29) is 0 Å². The Labute approximate surface area is 362 Å². The van der Waals surface area contributed by atoms with Crippen LogP contribution in [0.25, 0.3) is 115 Å². The third-order valence-corrected chi connectivity index (χ3v) is 13.0. The molecular weight excluding hydrogens is 773 g/mol. The Hall–Kier alpha value is -7.99. The van der Waals surface area contributed by atoms with Gasteiger partial charge in [-0.15, -0.1) is 11.3 Å². The second kappa shape index (κ2) is 14.9. The molecule has 0 aliphatic rings. The number of pyridine rings is 1. The van der Waals surface area contributed by atoms with Gasteiger partial charge in [0.1, 0.15) is 5.69 Å². The number of rotatable bonds is 7. The van der Waals surface area contributed by atoms with Crippen LogP contribution in [0, 0.1) is 0 Å². The van der Waals surface area contributed by atoms with Crippen molar-refractivity contribution < 1.29 is 0 Å². The van der Waals surface area contributed by atoms with Crippen LogP contribution in [-0.4, -0.2) is 19.6 Å². The van der Waals surface area contributed by atoms with Gasteiger partial charge in [0.2, 0.25) is 0 Å². The lowest BCUT2D eigenvalue weighted by Crippen LogP contribution is -1.96. The maximum absolute atomic E-state index is 5.44. The lowest BCUT2D eigenvalue weighted by atomic mass is 9.96. The first kappa shape index (κ1) is 35.9. The SMILES string of the molecule is c1ccc(-c2cc(-c3ccc(-c4nn5c(-c6ccccc6)cc6ccccc6c5c4-c4ccccc4)cc3)nc(-c3ccc(-c4cccc5sc6ccccc6c45)cc3)n2)cc1. The molecule has 12 aromatic rings. The Morgan fingerprint density at radius 2 is 0.935 bits per heavy atom. The summed E-state index contributed by atoms with van der Waals surface area (Å²) in [5.41, 5.74) is 14.6. The van der Waals surface area contributed by atoms with Crippen molar-refractivity contribution in [2.24, 2.45) is 0 Å². The van der Waals surface area contributed by atoms with Crippen molar-refractivity contribution in [3.05, 3.63) is 218 Å². The Balaban J connectivity index is 0.978. The number of benzene rings is 8. The van der Waals surface area contributed by atoms with Crippen molar-refractivity contribution in [3.8, 4) is 78.7 Å². The Morgan fingerprint density at radius 3 is 1.66 bits per heavy atom. The number of hydrogen-bond donors (Lipinski definition) is 0. The molecule has 5 heteroatoms. The minimum Gasteiger partial charge on any atom is -0.231 e. The van der Waals surface area contributed by atoms with E-state index in [0.29, 0.717) is 5.82 Å². The Bertz CT molecular complexity index is 3590. The molecule has 0 aliphatic carbocycles. The molecule has 0 amide bonds. The monoisotopic (exact) mass is 808 g/mol. The Kier molecular flexibility index (Phi) is 8.65. The van der Waals surface area contributed by atoms with Crippen molar-refractivity contribution >= 4 is 47.8 Å². The molecule has 12 rings (SSSR count). The standard InChI is InChI=1S/C57H36N4S/c1-4-15-38(16-5-1)48-36-49(59-57(58-48)43-33-27-37(28-34-43)45-24-14-26-52-54(45)47-23-12-13-25-51(47)62-52)39-29-31-42(32-30-39)55-53(41-19-8-3-9-20-41)56-46-22-11-10-21-44(46)35-50(61(56)60-55)40-17-6-2-7-18-40/h1-36H. The van der Waals surface area contributed by atoms with Crippen molar-refractivity contribution in [1.82, 2.24) is 19.6 Å². The molecule has 62 heavy (non-hydrogen) atoms. The van der Waals surface area contributed by atoms with Crippen molar-refractivity contribution in [3.63, 3.8) is 0 Å². The fourth-order valence-corrected chi connectivity index (χ4v) is 10.0. The summed E-state index contributed by atoms with van der Waals surface area (Å²) >= 11 is 1.84. The van der Waals surface area contributed by atoms with Gasteiger partial charge in [0.25, 0.3) is 0 Å². The first-order chi connectivity index (χ1) is 30.7. The lowest BCUT2D eigenvalue weighted by Gasteiger charge is -2.11. The lowest BCUT2D eigenvalue weighted by molar-refractivity contribution is 0.979. The van der Waals surface area contributed by atoms with Crippen LogP contribution in [0.4, 0.5) is 0 Å². The van der Waals surface area contributed by atoms with Crippen LogP contribution < -0.4 is 0 Å². The number of fused-ring (bicyclic) bond motifs is 6. The van der Waals surface area contributed by atoms with Gasteiger partial charge < -0.3 is 0 Å². The summed E-state index contributed by atoms with van der Waals surface area (Å²) in [6.45, 7) is 0. The molecular formula is C57H36N4S. The van der Waals surface area contributed by atoms with E-state index in [0.717, 1.165) is 72.6 Å². The van der Waals surface area contributed by atoms with Crippen LogP contribution >= 0.6 is 11.3 Å². The second-order valence-corrected chi connectivity index (χ2v) is 16.7. The van der Waals surface area contributed by atoms with E-state index < -0.39 is 0 Å². The minimum atomic E-state index is 0.684. The van der Waals surface area contributed by atoms with E-state index >= 15 is 0 Å². The molecule has 0 bridgehead atoms. The first-order valence-corrected chi connectivity index (χ1v) is 21.7. The molecule has 4 nitrogen and oxygen atoms in total. The minimum absolute atomic E-state index is 0.684. The zero-order chi connectivity index (χ0) is 41.0. The van der Waals surface area contributed by atoms with E-state index in [4.69, 9.17) is 15.1 Å². The normalized spacial score (nSPS) is 11.5. The van der Waals surface area contributed by atoms with Crippen LogP contribution in [0.2, 0.25) is 0 Å². The fourth-order valence-electron chi connectivity index (χ4n) is 8.88. The average Bonchev–Trinajstić information content (AvgIpc) is 3.95. The highest BCUT2D eigenvalue weighted by Gasteiger charge is 2.22. The third-order valence-electron chi connectivity index (χ3n) is 11.9. The van der Waals surface area contributed by atoms with Crippen LogP contribution in [0.3, 0.4) is 0 Å². The van der Waals surface area contributed by atoms with E-state index in [9.17, 15) is 0 Å². The quantitative estimate of drug-likeness (QED) is 0.161. The summed E-state index contributed by atoms with van der Waals surface area (Å²) in [6.07, 6.45) is 0. The van der Waals surface area contributed by atoms with Gasteiger partial charge in [0, 0.05) is 58.9 Å². The average molecular weight is 809 g/mol. The zero-order valence-corrected chi connectivity index (χ0v) is 34.3. The molecule has 0 unspecified atom stereocenters. The van der Waals surface area contributed by atoms with Crippen LogP contribution in [0.1, 0.15) is 0 Å². The van der Waals surface area contributed by atoms with Crippen LogP contribution in [-0.2, 0) is 0 Å². The van der Waals surface area contributed by atoms with Gasteiger partial charge >= 0.3 is 0 Å². The highest BCUT2D eigenvalue weighted by Crippen LogP contribution is 2.43. The van der Waals surface area contributed by atoms with Crippen LogP contribution in [0.15, 0.2) is 218 Å². The largest absolute Gasteiger partial charge is 0.231 e.